The van der Waals surface area contributed by atoms with Crippen LogP contribution in [-0.2, 0) is 6.61 Å². The van der Waals surface area contributed by atoms with Crippen LogP contribution in [0.1, 0.15) is 24.1 Å². The summed E-state index contributed by atoms with van der Waals surface area (Å²) in [7, 11) is 0. The zero-order valence-electron chi connectivity index (χ0n) is 13.3. The highest BCUT2D eigenvalue weighted by Crippen LogP contribution is 2.25. The van der Waals surface area contributed by atoms with E-state index in [1.54, 1.807) is 0 Å². The van der Waals surface area contributed by atoms with Gasteiger partial charge in [-0.3, -0.25) is 0 Å². The Kier molecular flexibility index (Phi) is 4.74. The van der Waals surface area contributed by atoms with Crippen LogP contribution < -0.4 is 10.5 Å². The Hall–Kier alpha value is -2.58. The van der Waals surface area contributed by atoms with Gasteiger partial charge in [0.15, 0.2) is 0 Å². The first-order valence-corrected chi connectivity index (χ1v) is 7.85. The fourth-order valence-corrected chi connectivity index (χ4v) is 2.49. The van der Waals surface area contributed by atoms with Crippen molar-refractivity contribution in [1.82, 2.24) is 0 Å². The van der Waals surface area contributed by atoms with E-state index < -0.39 is 0 Å². The van der Waals surface area contributed by atoms with Gasteiger partial charge in [0.2, 0.25) is 0 Å². The minimum Gasteiger partial charge on any atom is -0.489 e. The minimum atomic E-state index is 0.0448. The smallest absolute Gasteiger partial charge is 0.119 e. The van der Waals surface area contributed by atoms with Gasteiger partial charge in [-0.05, 0) is 47.4 Å². The van der Waals surface area contributed by atoms with Crippen molar-refractivity contribution >= 4 is 0 Å². The molecule has 116 valence electrons. The minimum absolute atomic E-state index is 0.0448. The molecule has 0 heterocycles. The molecule has 23 heavy (non-hydrogen) atoms. The van der Waals surface area contributed by atoms with Gasteiger partial charge in [-0.1, -0.05) is 60.7 Å². The Balaban J connectivity index is 1.71. The van der Waals surface area contributed by atoms with Crippen LogP contribution in [-0.4, -0.2) is 0 Å². The molecule has 0 aliphatic rings. The molecule has 3 rings (SSSR count). The number of benzene rings is 3. The van der Waals surface area contributed by atoms with E-state index in [0.717, 1.165) is 11.3 Å². The second-order valence-electron chi connectivity index (χ2n) is 5.71. The van der Waals surface area contributed by atoms with Crippen molar-refractivity contribution < 1.29 is 4.74 Å². The summed E-state index contributed by atoms with van der Waals surface area (Å²) in [6.45, 7) is 2.58. The molecule has 0 bridgehead atoms. The van der Waals surface area contributed by atoms with E-state index in [-0.39, 0.29) is 6.04 Å². The molecule has 0 radical (unpaired) electrons. The lowest BCUT2D eigenvalue weighted by Gasteiger charge is -2.10. The van der Waals surface area contributed by atoms with Gasteiger partial charge in [0.25, 0.3) is 0 Å². The van der Waals surface area contributed by atoms with Crippen LogP contribution in [0.15, 0.2) is 78.9 Å². The predicted octanol–water partition coefficient (Wildman–Crippen LogP) is 4.95. The highest BCUT2D eigenvalue weighted by atomic mass is 16.5. The summed E-state index contributed by atoms with van der Waals surface area (Å²) in [5.41, 5.74) is 10.6. The normalized spacial score (nSPS) is 11.9. The zero-order chi connectivity index (χ0) is 16.1. The number of rotatable bonds is 5. The predicted molar refractivity (Wildman–Crippen MR) is 95.3 cm³/mol. The molecule has 0 spiro atoms. The number of nitrogens with two attached hydrogens (primary N) is 1. The van der Waals surface area contributed by atoms with Gasteiger partial charge >= 0.3 is 0 Å². The number of hydrogen-bond donors (Lipinski definition) is 1. The maximum Gasteiger partial charge on any atom is 0.119 e. The molecular formula is C21H21NO. The third kappa shape index (κ3) is 3.99. The Morgan fingerprint density at radius 3 is 2.26 bits per heavy atom. The van der Waals surface area contributed by atoms with E-state index in [9.17, 15) is 0 Å². The second-order valence-corrected chi connectivity index (χ2v) is 5.71. The third-order valence-corrected chi connectivity index (χ3v) is 3.85. The van der Waals surface area contributed by atoms with Gasteiger partial charge in [0.05, 0.1) is 0 Å². The first-order chi connectivity index (χ1) is 11.2. The van der Waals surface area contributed by atoms with Crippen LogP contribution in [0.4, 0.5) is 0 Å². The van der Waals surface area contributed by atoms with Crippen molar-refractivity contribution in [3.05, 3.63) is 90.0 Å². The number of ether oxygens (including phenoxy) is 1. The Bertz CT molecular complexity index is 748. The van der Waals surface area contributed by atoms with E-state index in [0.29, 0.717) is 6.61 Å². The molecule has 2 N–H and O–H groups in total. The Labute approximate surface area is 137 Å². The van der Waals surface area contributed by atoms with E-state index in [4.69, 9.17) is 10.5 Å². The molecular weight excluding hydrogens is 282 g/mol. The second kappa shape index (κ2) is 7.12. The monoisotopic (exact) mass is 303 g/mol. The molecule has 1 atom stereocenters. The van der Waals surface area contributed by atoms with Gasteiger partial charge in [-0.15, -0.1) is 0 Å². The van der Waals surface area contributed by atoms with Crippen molar-refractivity contribution in [2.45, 2.75) is 19.6 Å². The third-order valence-electron chi connectivity index (χ3n) is 3.85. The van der Waals surface area contributed by atoms with Crippen LogP contribution >= 0.6 is 0 Å². The summed E-state index contributed by atoms with van der Waals surface area (Å²) in [6, 6.07) is 26.8. The topological polar surface area (TPSA) is 35.2 Å². The molecule has 0 aromatic heterocycles. The first-order valence-electron chi connectivity index (χ1n) is 7.85. The molecule has 3 aromatic rings. The summed E-state index contributed by atoms with van der Waals surface area (Å²) in [5.74, 6) is 0.876. The maximum absolute atomic E-state index is 5.96. The average Bonchev–Trinajstić information content (AvgIpc) is 2.61. The summed E-state index contributed by atoms with van der Waals surface area (Å²) in [6.07, 6.45) is 0. The number of hydrogen-bond acceptors (Lipinski definition) is 2. The highest BCUT2D eigenvalue weighted by molar-refractivity contribution is 5.65. The van der Waals surface area contributed by atoms with Gasteiger partial charge in [-0.25, -0.2) is 0 Å². The van der Waals surface area contributed by atoms with Crippen molar-refractivity contribution in [3.63, 3.8) is 0 Å². The zero-order valence-corrected chi connectivity index (χ0v) is 13.3. The summed E-state index contributed by atoms with van der Waals surface area (Å²) < 4.78 is 5.82. The summed E-state index contributed by atoms with van der Waals surface area (Å²) in [4.78, 5) is 0. The van der Waals surface area contributed by atoms with Gasteiger partial charge in [-0.2, -0.15) is 0 Å². The van der Waals surface area contributed by atoms with E-state index in [1.165, 1.54) is 16.7 Å². The SMILES string of the molecule is C[C@@H](N)c1cccc(-c2ccc(OCc3ccccc3)cc2)c1. The fraction of sp³-hybridized carbons (Fsp3) is 0.143. The standard InChI is InChI=1S/C21H21NO/c1-16(22)19-8-5-9-20(14-19)18-10-12-21(13-11-18)23-15-17-6-3-2-4-7-17/h2-14,16H,15,22H2,1H3/t16-/m1/s1. The molecule has 0 aliphatic carbocycles. The molecule has 0 amide bonds. The molecule has 0 aliphatic heterocycles. The van der Waals surface area contributed by atoms with Crippen LogP contribution in [0.5, 0.6) is 5.75 Å². The average molecular weight is 303 g/mol. The van der Waals surface area contributed by atoms with Crippen LogP contribution in [0.3, 0.4) is 0 Å². The van der Waals surface area contributed by atoms with E-state index in [1.807, 2.05) is 43.3 Å². The largest absolute Gasteiger partial charge is 0.489 e. The molecule has 0 unspecified atom stereocenters. The van der Waals surface area contributed by atoms with E-state index >= 15 is 0 Å². The molecule has 2 heteroatoms. The lowest BCUT2D eigenvalue weighted by molar-refractivity contribution is 0.306. The van der Waals surface area contributed by atoms with Gasteiger partial charge in [0, 0.05) is 6.04 Å². The maximum atomic E-state index is 5.96. The van der Waals surface area contributed by atoms with Crippen LogP contribution in [0.25, 0.3) is 11.1 Å². The van der Waals surface area contributed by atoms with Crippen molar-refractivity contribution in [1.29, 1.82) is 0 Å². The van der Waals surface area contributed by atoms with Crippen molar-refractivity contribution in [2.24, 2.45) is 5.73 Å². The lowest BCUT2D eigenvalue weighted by atomic mass is 10.0. The quantitative estimate of drug-likeness (QED) is 0.723. The Morgan fingerprint density at radius 2 is 1.57 bits per heavy atom. The van der Waals surface area contributed by atoms with Crippen LogP contribution in [0.2, 0.25) is 0 Å². The molecule has 2 nitrogen and oxygen atoms in total. The Morgan fingerprint density at radius 1 is 0.826 bits per heavy atom. The summed E-state index contributed by atoms with van der Waals surface area (Å²) in [5, 5.41) is 0. The first kappa shape index (κ1) is 15.3. The molecule has 3 aromatic carbocycles. The van der Waals surface area contributed by atoms with Gasteiger partial charge in [0.1, 0.15) is 12.4 Å². The molecule has 0 saturated carbocycles. The van der Waals surface area contributed by atoms with E-state index in [2.05, 4.69) is 42.5 Å². The fourth-order valence-electron chi connectivity index (χ4n) is 2.49. The van der Waals surface area contributed by atoms with Crippen molar-refractivity contribution in [2.75, 3.05) is 0 Å². The lowest BCUT2D eigenvalue weighted by Crippen LogP contribution is -2.04. The highest BCUT2D eigenvalue weighted by Gasteiger charge is 2.03. The molecule has 0 saturated heterocycles. The van der Waals surface area contributed by atoms with Crippen molar-refractivity contribution in [3.8, 4) is 16.9 Å². The summed E-state index contributed by atoms with van der Waals surface area (Å²) >= 11 is 0. The molecule has 0 fully saturated rings. The van der Waals surface area contributed by atoms with Crippen LogP contribution in [0, 0.1) is 0 Å². The van der Waals surface area contributed by atoms with Gasteiger partial charge < -0.3 is 10.5 Å².